The average Bonchev–Trinajstić information content (AvgIpc) is 2.61. The molecule has 1 heterocycles. The maximum Gasteiger partial charge on any atom is 0.274 e. The highest BCUT2D eigenvalue weighted by atomic mass is 35.5. The molecule has 0 fully saturated rings. The summed E-state index contributed by atoms with van der Waals surface area (Å²) in [6.07, 6.45) is 3.04. The second-order valence-corrected chi connectivity index (χ2v) is 3.39. The normalized spacial score (nSPS) is 16.9. The molecular weight excluding hydrogens is 214 g/mol. The molecule has 1 aromatic carbocycles. The Balaban J connectivity index is 2.10. The summed E-state index contributed by atoms with van der Waals surface area (Å²) in [7, 11) is 0. The lowest BCUT2D eigenvalue weighted by Crippen LogP contribution is -2.12. The zero-order chi connectivity index (χ0) is 10.7. The van der Waals surface area contributed by atoms with Gasteiger partial charge in [-0.05, 0) is 18.2 Å². The van der Waals surface area contributed by atoms with Crippen LogP contribution in [-0.4, -0.2) is 12.1 Å². The van der Waals surface area contributed by atoms with Gasteiger partial charge >= 0.3 is 0 Å². The number of anilines is 1. The summed E-state index contributed by atoms with van der Waals surface area (Å²) in [6.45, 7) is 0. The van der Waals surface area contributed by atoms with Crippen LogP contribution in [0.2, 0.25) is 5.02 Å². The van der Waals surface area contributed by atoms with Crippen LogP contribution in [0.5, 0.6) is 0 Å². The van der Waals surface area contributed by atoms with Crippen LogP contribution in [0.4, 0.5) is 5.69 Å². The molecule has 76 valence electrons. The molecule has 0 spiro atoms. The van der Waals surface area contributed by atoms with E-state index in [9.17, 15) is 4.79 Å². The van der Waals surface area contributed by atoms with Gasteiger partial charge in [-0.15, -0.1) is 0 Å². The second kappa shape index (κ2) is 4.14. The Morgan fingerprint density at radius 2 is 2.33 bits per heavy atom. The van der Waals surface area contributed by atoms with Gasteiger partial charge < -0.3 is 5.32 Å². The Labute approximate surface area is 91.6 Å². The van der Waals surface area contributed by atoms with Crippen LogP contribution in [0.15, 0.2) is 41.1 Å². The fourth-order valence-corrected chi connectivity index (χ4v) is 1.32. The Morgan fingerprint density at radius 3 is 3.00 bits per heavy atom. The molecule has 0 saturated heterocycles. The van der Waals surface area contributed by atoms with Gasteiger partial charge in [0.2, 0.25) is 0 Å². The highest BCUT2D eigenvalue weighted by Gasteiger charge is 2.10. The number of nitrogens with zero attached hydrogens (tertiary/aromatic N) is 1. The number of carbonyl (C=O) groups excluding carboxylic acids is 1. The summed E-state index contributed by atoms with van der Waals surface area (Å²) < 4.78 is 0. The van der Waals surface area contributed by atoms with Crippen molar-refractivity contribution >= 4 is 29.4 Å². The van der Waals surface area contributed by atoms with E-state index < -0.39 is 0 Å². The molecule has 15 heavy (non-hydrogen) atoms. The van der Waals surface area contributed by atoms with E-state index in [4.69, 9.17) is 11.6 Å². The summed E-state index contributed by atoms with van der Waals surface area (Å²) in [4.78, 5) is 11.1. The van der Waals surface area contributed by atoms with Gasteiger partial charge in [0, 0.05) is 16.9 Å². The lowest BCUT2D eigenvalue weighted by atomic mass is 10.3. The number of nitrogens with one attached hydrogen (secondary N) is 2. The topological polar surface area (TPSA) is 53.5 Å². The minimum atomic E-state index is -0.218. The number of hydrogen-bond acceptors (Lipinski definition) is 3. The first-order valence-corrected chi connectivity index (χ1v) is 4.69. The quantitative estimate of drug-likeness (QED) is 0.748. The highest BCUT2D eigenvalue weighted by Crippen LogP contribution is 2.15. The van der Waals surface area contributed by atoms with Gasteiger partial charge in [-0.3, -0.25) is 4.79 Å². The zero-order valence-corrected chi connectivity index (χ0v) is 8.45. The van der Waals surface area contributed by atoms with E-state index in [0.29, 0.717) is 10.6 Å². The van der Waals surface area contributed by atoms with Gasteiger partial charge in [0.1, 0.15) is 0 Å². The molecule has 2 N–H and O–H groups in total. The molecule has 2 rings (SSSR count). The predicted molar refractivity (Wildman–Crippen MR) is 59.8 cm³/mol. The Bertz CT molecular complexity index is 454. The number of halogens is 1. The lowest BCUT2D eigenvalue weighted by Gasteiger charge is -2.00. The monoisotopic (exact) mass is 221 g/mol. The fraction of sp³-hybridized carbons (Fsp3) is 0. The van der Waals surface area contributed by atoms with E-state index >= 15 is 0 Å². The molecule has 5 heteroatoms. The molecule has 1 aromatic rings. The maximum absolute atomic E-state index is 11.1. The third-order valence-electron chi connectivity index (χ3n) is 1.85. The summed E-state index contributed by atoms with van der Waals surface area (Å²) in [5, 5.41) is 7.22. The van der Waals surface area contributed by atoms with Gasteiger partial charge in [0.15, 0.2) is 0 Å². The average molecular weight is 222 g/mol. The molecule has 1 aliphatic heterocycles. The zero-order valence-electron chi connectivity index (χ0n) is 7.70. The predicted octanol–water partition coefficient (Wildman–Crippen LogP) is 1.75. The van der Waals surface area contributed by atoms with Gasteiger partial charge in [-0.1, -0.05) is 17.7 Å². The summed E-state index contributed by atoms with van der Waals surface area (Å²) in [5.41, 5.74) is 3.62. The molecule has 1 aliphatic rings. The first-order valence-electron chi connectivity index (χ1n) is 4.31. The minimum absolute atomic E-state index is 0.218. The van der Waals surface area contributed by atoms with Gasteiger partial charge in [0.05, 0.1) is 11.8 Å². The molecule has 0 bridgehead atoms. The third kappa shape index (κ3) is 2.35. The summed E-state index contributed by atoms with van der Waals surface area (Å²) >= 11 is 5.80. The highest BCUT2D eigenvalue weighted by molar-refractivity contribution is 6.30. The first-order chi connectivity index (χ1) is 7.25. The van der Waals surface area contributed by atoms with Crippen LogP contribution in [0.25, 0.3) is 0 Å². The molecular formula is C10H8ClN3O. The van der Waals surface area contributed by atoms with Crippen molar-refractivity contribution in [1.82, 2.24) is 5.43 Å². The van der Waals surface area contributed by atoms with Crippen molar-refractivity contribution in [2.75, 3.05) is 5.32 Å². The van der Waals surface area contributed by atoms with Crippen LogP contribution in [0, 0.1) is 0 Å². The summed E-state index contributed by atoms with van der Waals surface area (Å²) in [6, 6.07) is 7.23. The van der Waals surface area contributed by atoms with Crippen molar-refractivity contribution in [3.8, 4) is 0 Å². The Kier molecular flexibility index (Phi) is 2.69. The number of amides is 1. The van der Waals surface area contributed by atoms with Gasteiger partial charge in [0.25, 0.3) is 5.91 Å². The van der Waals surface area contributed by atoms with Crippen molar-refractivity contribution in [3.63, 3.8) is 0 Å². The Hall–Kier alpha value is -1.81. The van der Waals surface area contributed by atoms with Crippen molar-refractivity contribution in [2.45, 2.75) is 0 Å². The smallest absolute Gasteiger partial charge is 0.274 e. The van der Waals surface area contributed by atoms with Gasteiger partial charge in [-0.25, -0.2) is 5.43 Å². The third-order valence-corrected chi connectivity index (χ3v) is 2.09. The van der Waals surface area contributed by atoms with E-state index in [1.54, 1.807) is 18.3 Å². The van der Waals surface area contributed by atoms with Gasteiger partial charge in [-0.2, -0.15) is 5.10 Å². The van der Waals surface area contributed by atoms with E-state index in [1.807, 2.05) is 12.1 Å². The molecule has 0 atom stereocenters. The SMILES string of the molecule is O=C1NN=C/C1=C/Nc1cccc(Cl)c1. The fourth-order valence-electron chi connectivity index (χ4n) is 1.13. The van der Waals surface area contributed by atoms with Crippen LogP contribution in [-0.2, 0) is 4.79 Å². The molecule has 0 unspecified atom stereocenters. The molecule has 1 amide bonds. The number of hydrogen-bond donors (Lipinski definition) is 2. The van der Waals surface area contributed by atoms with Crippen LogP contribution in [0.3, 0.4) is 0 Å². The van der Waals surface area contributed by atoms with E-state index in [0.717, 1.165) is 5.69 Å². The van der Waals surface area contributed by atoms with Crippen molar-refractivity contribution in [1.29, 1.82) is 0 Å². The number of benzene rings is 1. The Morgan fingerprint density at radius 1 is 1.47 bits per heavy atom. The lowest BCUT2D eigenvalue weighted by molar-refractivity contribution is -0.116. The molecule has 0 saturated carbocycles. The largest absolute Gasteiger partial charge is 0.361 e. The first kappa shape index (κ1) is 9.73. The number of hydrazone groups is 1. The van der Waals surface area contributed by atoms with Crippen molar-refractivity contribution in [3.05, 3.63) is 41.1 Å². The minimum Gasteiger partial charge on any atom is -0.361 e. The van der Waals surface area contributed by atoms with Crippen molar-refractivity contribution in [2.24, 2.45) is 5.10 Å². The summed E-state index contributed by atoms with van der Waals surface area (Å²) in [5.74, 6) is -0.218. The standard InChI is InChI=1S/C10H8ClN3O/c11-8-2-1-3-9(4-8)12-5-7-6-13-14-10(7)15/h1-6,12H,(H,14,15)/b7-5-. The van der Waals surface area contributed by atoms with Crippen LogP contribution >= 0.6 is 11.6 Å². The van der Waals surface area contributed by atoms with Crippen LogP contribution in [0.1, 0.15) is 0 Å². The maximum atomic E-state index is 11.1. The number of carbonyl (C=O) groups is 1. The van der Waals surface area contributed by atoms with E-state index in [-0.39, 0.29) is 5.91 Å². The molecule has 0 aromatic heterocycles. The second-order valence-electron chi connectivity index (χ2n) is 2.95. The molecule has 0 aliphatic carbocycles. The van der Waals surface area contributed by atoms with Crippen molar-refractivity contribution < 1.29 is 4.79 Å². The van der Waals surface area contributed by atoms with Crippen LogP contribution < -0.4 is 10.7 Å². The van der Waals surface area contributed by atoms with E-state index in [1.165, 1.54) is 6.21 Å². The number of rotatable bonds is 2. The molecule has 0 radical (unpaired) electrons. The molecule has 4 nitrogen and oxygen atoms in total. The van der Waals surface area contributed by atoms with E-state index in [2.05, 4.69) is 15.8 Å².